The summed E-state index contributed by atoms with van der Waals surface area (Å²) in [5.41, 5.74) is 0.356. The number of rotatable bonds is 7. The van der Waals surface area contributed by atoms with Gasteiger partial charge in [0.25, 0.3) is 0 Å². The predicted molar refractivity (Wildman–Crippen MR) is 75.2 cm³/mol. The Kier molecular flexibility index (Phi) is 4.59. The first-order chi connectivity index (χ1) is 9.91. The minimum Gasteiger partial charge on any atom is -0.480 e. The smallest absolute Gasteiger partial charge is 0.325 e. The van der Waals surface area contributed by atoms with Gasteiger partial charge in [-0.1, -0.05) is 25.5 Å². The lowest BCUT2D eigenvalue weighted by molar-refractivity contribution is -0.138. The Labute approximate surface area is 123 Å². The fraction of sp³-hybridized carbons (Fsp3) is 0.714. The van der Waals surface area contributed by atoms with Crippen molar-refractivity contribution < 1.29 is 14.7 Å². The molecule has 1 aliphatic rings. The number of carboxylic acids is 1. The van der Waals surface area contributed by atoms with Crippen molar-refractivity contribution in [2.45, 2.75) is 52.6 Å². The molecule has 21 heavy (non-hydrogen) atoms. The van der Waals surface area contributed by atoms with Crippen LogP contribution in [-0.4, -0.2) is 32.0 Å². The molecule has 1 amide bonds. The molecule has 1 aliphatic carbocycles. The lowest BCUT2D eigenvalue weighted by atomic mass is 9.64. The number of carbonyl (C=O) groups excluding carboxylic acids is 1. The van der Waals surface area contributed by atoms with E-state index in [1.54, 1.807) is 6.20 Å². The molecule has 116 valence electrons. The molecule has 0 atom stereocenters. The van der Waals surface area contributed by atoms with Crippen LogP contribution in [0, 0.1) is 11.3 Å². The summed E-state index contributed by atoms with van der Waals surface area (Å²) in [5.74, 6) is -0.399. The second-order valence-electron chi connectivity index (χ2n) is 6.22. The number of carboxylic acid groups (broad SMARTS) is 1. The summed E-state index contributed by atoms with van der Waals surface area (Å²) >= 11 is 0. The van der Waals surface area contributed by atoms with Crippen LogP contribution < -0.4 is 5.32 Å². The van der Waals surface area contributed by atoms with Crippen molar-refractivity contribution in [2.24, 2.45) is 11.3 Å². The van der Waals surface area contributed by atoms with E-state index in [1.807, 2.05) is 0 Å². The van der Waals surface area contributed by atoms with Crippen LogP contribution in [0.1, 0.15) is 45.2 Å². The normalized spacial score (nSPS) is 16.5. The summed E-state index contributed by atoms with van der Waals surface area (Å²) in [6.45, 7) is 4.33. The molecule has 0 bridgehead atoms. The number of hydrogen-bond donors (Lipinski definition) is 2. The van der Waals surface area contributed by atoms with Gasteiger partial charge in [-0.25, -0.2) is 4.68 Å². The van der Waals surface area contributed by atoms with Crippen molar-refractivity contribution in [1.82, 2.24) is 20.3 Å². The molecule has 0 saturated heterocycles. The van der Waals surface area contributed by atoms with Gasteiger partial charge in [0.1, 0.15) is 12.2 Å². The van der Waals surface area contributed by atoms with Gasteiger partial charge in [0.05, 0.1) is 12.7 Å². The Morgan fingerprint density at radius 3 is 2.71 bits per heavy atom. The van der Waals surface area contributed by atoms with Crippen LogP contribution in [0.5, 0.6) is 0 Å². The average molecular weight is 294 g/mol. The maximum Gasteiger partial charge on any atom is 0.325 e. The highest BCUT2D eigenvalue weighted by Crippen LogP contribution is 2.46. The van der Waals surface area contributed by atoms with Crippen molar-refractivity contribution in [3.8, 4) is 0 Å². The van der Waals surface area contributed by atoms with Gasteiger partial charge in [-0.15, -0.1) is 5.10 Å². The number of amides is 1. The lowest BCUT2D eigenvalue weighted by Gasteiger charge is -2.41. The highest BCUT2D eigenvalue weighted by atomic mass is 16.4. The molecule has 0 radical (unpaired) electrons. The van der Waals surface area contributed by atoms with Crippen molar-refractivity contribution in [2.75, 3.05) is 0 Å². The zero-order chi connectivity index (χ0) is 15.5. The summed E-state index contributed by atoms with van der Waals surface area (Å²) in [4.78, 5) is 22.9. The number of hydrogen-bond acceptors (Lipinski definition) is 4. The lowest BCUT2D eigenvalue weighted by Crippen LogP contribution is -2.46. The van der Waals surface area contributed by atoms with Crippen LogP contribution in [0.15, 0.2) is 6.20 Å². The molecule has 1 fully saturated rings. The quantitative estimate of drug-likeness (QED) is 0.787. The number of aromatic nitrogens is 3. The van der Waals surface area contributed by atoms with Gasteiger partial charge in [-0.05, 0) is 25.2 Å². The first kappa shape index (κ1) is 15.5. The van der Waals surface area contributed by atoms with E-state index in [-0.39, 0.29) is 24.4 Å². The molecule has 1 aromatic rings. The van der Waals surface area contributed by atoms with Crippen molar-refractivity contribution in [3.63, 3.8) is 0 Å². The third-order valence-corrected chi connectivity index (χ3v) is 3.90. The number of carbonyl (C=O) groups is 2. The fourth-order valence-corrected chi connectivity index (χ4v) is 2.90. The third-order valence-electron chi connectivity index (χ3n) is 3.90. The van der Waals surface area contributed by atoms with Crippen LogP contribution in [0.25, 0.3) is 0 Å². The molecule has 1 saturated carbocycles. The topological polar surface area (TPSA) is 97.1 Å². The van der Waals surface area contributed by atoms with E-state index in [0.717, 1.165) is 25.7 Å². The second kappa shape index (κ2) is 6.24. The molecular formula is C14H22N4O3. The fourth-order valence-electron chi connectivity index (χ4n) is 2.90. The largest absolute Gasteiger partial charge is 0.480 e. The van der Waals surface area contributed by atoms with Crippen LogP contribution in [0.2, 0.25) is 0 Å². The van der Waals surface area contributed by atoms with E-state index in [1.165, 1.54) is 4.68 Å². The Bertz CT molecular complexity index is 520. The van der Waals surface area contributed by atoms with Gasteiger partial charge >= 0.3 is 5.97 Å². The Hall–Kier alpha value is -1.92. The molecule has 1 heterocycles. The van der Waals surface area contributed by atoms with E-state index < -0.39 is 5.97 Å². The van der Waals surface area contributed by atoms with Crippen molar-refractivity contribution in [3.05, 3.63) is 11.9 Å². The summed E-state index contributed by atoms with van der Waals surface area (Å²) in [6.07, 6.45) is 5.45. The molecule has 1 aromatic heterocycles. The van der Waals surface area contributed by atoms with Crippen molar-refractivity contribution >= 4 is 11.9 Å². The van der Waals surface area contributed by atoms with Gasteiger partial charge in [0, 0.05) is 5.41 Å². The molecule has 0 aliphatic heterocycles. The zero-order valence-corrected chi connectivity index (χ0v) is 12.5. The summed E-state index contributed by atoms with van der Waals surface area (Å²) in [7, 11) is 0. The van der Waals surface area contributed by atoms with Crippen LogP contribution in [0.4, 0.5) is 0 Å². The van der Waals surface area contributed by atoms with Crippen LogP contribution in [0.3, 0.4) is 0 Å². The first-order valence-electron chi connectivity index (χ1n) is 7.30. The van der Waals surface area contributed by atoms with Gasteiger partial charge in [0.2, 0.25) is 5.91 Å². The van der Waals surface area contributed by atoms with E-state index in [4.69, 9.17) is 5.11 Å². The SMILES string of the molecule is CC(C)CC1(C(=O)NCc2cn(CC(=O)O)nn2)CCC1. The molecule has 7 heteroatoms. The second-order valence-corrected chi connectivity index (χ2v) is 6.22. The Morgan fingerprint density at radius 1 is 1.48 bits per heavy atom. The maximum absolute atomic E-state index is 12.4. The van der Waals surface area contributed by atoms with E-state index in [2.05, 4.69) is 29.5 Å². The van der Waals surface area contributed by atoms with E-state index >= 15 is 0 Å². The monoisotopic (exact) mass is 294 g/mol. The van der Waals surface area contributed by atoms with Gasteiger partial charge < -0.3 is 10.4 Å². The minimum absolute atomic E-state index is 0.0789. The first-order valence-corrected chi connectivity index (χ1v) is 7.30. The standard InChI is InChI=1S/C14H22N4O3/c1-10(2)6-14(4-3-5-14)13(21)15-7-11-8-18(17-16-11)9-12(19)20/h8,10H,3-7,9H2,1-2H3,(H,15,21)(H,19,20). The number of aliphatic carboxylic acids is 1. The van der Waals surface area contributed by atoms with E-state index in [0.29, 0.717) is 11.6 Å². The predicted octanol–water partition coefficient (Wildman–Crippen LogP) is 1.20. The van der Waals surface area contributed by atoms with Crippen molar-refractivity contribution in [1.29, 1.82) is 0 Å². The van der Waals surface area contributed by atoms with Gasteiger partial charge in [-0.3, -0.25) is 9.59 Å². The molecule has 0 aromatic carbocycles. The maximum atomic E-state index is 12.4. The highest BCUT2D eigenvalue weighted by molar-refractivity contribution is 5.83. The average Bonchev–Trinajstić information content (AvgIpc) is 2.77. The van der Waals surface area contributed by atoms with Crippen LogP contribution in [-0.2, 0) is 22.7 Å². The Morgan fingerprint density at radius 2 is 2.19 bits per heavy atom. The number of nitrogens with zero attached hydrogens (tertiary/aromatic N) is 3. The molecular weight excluding hydrogens is 272 g/mol. The summed E-state index contributed by atoms with van der Waals surface area (Å²) < 4.78 is 1.25. The highest BCUT2D eigenvalue weighted by Gasteiger charge is 2.43. The van der Waals surface area contributed by atoms with Gasteiger partial charge in [-0.2, -0.15) is 0 Å². The molecule has 7 nitrogen and oxygen atoms in total. The molecule has 0 spiro atoms. The molecule has 0 unspecified atom stereocenters. The summed E-state index contributed by atoms with van der Waals surface area (Å²) in [6, 6.07) is 0. The summed E-state index contributed by atoms with van der Waals surface area (Å²) in [5, 5.41) is 19.2. The minimum atomic E-state index is -0.971. The number of nitrogens with one attached hydrogen (secondary N) is 1. The third kappa shape index (κ3) is 3.80. The molecule has 2 rings (SSSR count). The van der Waals surface area contributed by atoms with Crippen LogP contribution >= 0.6 is 0 Å². The van der Waals surface area contributed by atoms with Gasteiger partial charge in [0.15, 0.2) is 0 Å². The Balaban J connectivity index is 1.88. The van der Waals surface area contributed by atoms with E-state index in [9.17, 15) is 9.59 Å². The zero-order valence-electron chi connectivity index (χ0n) is 12.5. The molecule has 2 N–H and O–H groups in total.